The maximum atomic E-state index is 12.4. The molecule has 1 atom stereocenters. The van der Waals surface area contributed by atoms with E-state index in [2.05, 4.69) is 29.2 Å². The lowest BCUT2D eigenvalue weighted by molar-refractivity contribution is 0.196. The number of benzene rings is 1. The lowest BCUT2D eigenvalue weighted by Gasteiger charge is -2.34. The number of thioether (sulfide) groups is 1. The number of amides is 2. The first-order valence-electron chi connectivity index (χ1n) is 8.22. The van der Waals surface area contributed by atoms with Crippen molar-refractivity contribution in [2.75, 3.05) is 18.8 Å². The third-order valence-electron chi connectivity index (χ3n) is 4.16. The third kappa shape index (κ3) is 4.08. The zero-order valence-electron chi connectivity index (χ0n) is 14.1. The van der Waals surface area contributed by atoms with Crippen molar-refractivity contribution in [2.24, 2.45) is 5.92 Å². The van der Waals surface area contributed by atoms with Gasteiger partial charge in [-0.05, 0) is 23.6 Å². The van der Waals surface area contributed by atoms with Gasteiger partial charge in [0.15, 0.2) is 0 Å². The summed E-state index contributed by atoms with van der Waals surface area (Å²) in [4.78, 5) is 18.3. The molecule has 0 aliphatic carbocycles. The highest BCUT2D eigenvalue weighted by molar-refractivity contribution is 8.00. The van der Waals surface area contributed by atoms with Crippen LogP contribution in [0.3, 0.4) is 0 Å². The summed E-state index contributed by atoms with van der Waals surface area (Å²) in [5.41, 5.74) is 1.98. The Morgan fingerprint density at radius 3 is 3.08 bits per heavy atom. The average Bonchev–Trinajstić information content (AvgIpc) is 3.15. The number of nitrogens with zero attached hydrogens (tertiary/aromatic N) is 4. The van der Waals surface area contributed by atoms with E-state index in [1.807, 2.05) is 40.9 Å². The van der Waals surface area contributed by atoms with Crippen LogP contribution in [0.15, 0.2) is 36.9 Å². The van der Waals surface area contributed by atoms with Crippen LogP contribution in [0.4, 0.5) is 4.79 Å². The van der Waals surface area contributed by atoms with E-state index in [1.165, 1.54) is 6.33 Å². The Kier molecular flexibility index (Phi) is 5.40. The Labute approximate surface area is 146 Å². The van der Waals surface area contributed by atoms with E-state index in [-0.39, 0.29) is 6.03 Å². The molecule has 1 aromatic heterocycles. The molecule has 3 rings (SSSR count). The minimum Gasteiger partial charge on any atom is -0.334 e. The van der Waals surface area contributed by atoms with E-state index >= 15 is 0 Å². The molecule has 1 fully saturated rings. The van der Waals surface area contributed by atoms with E-state index in [0.29, 0.717) is 17.7 Å². The highest BCUT2D eigenvalue weighted by atomic mass is 32.2. The molecule has 0 spiro atoms. The van der Waals surface area contributed by atoms with Gasteiger partial charge in [-0.2, -0.15) is 16.9 Å². The molecule has 0 radical (unpaired) electrons. The first-order valence-corrected chi connectivity index (χ1v) is 9.26. The van der Waals surface area contributed by atoms with Gasteiger partial charge >= 0.3 is 6.03 Å². The molecule has 1 aliphatic rings. The minimum atomic E-state index is 0.0205. The summed E-state index contributed by atoms with van der Waals surface area (Å²) in [6.07, 6.45) is 3.17. The lowest BCUT2D eigenvalue weighted by atomic mass is 10.1. The monoisotopic (exact) mass is 345 g/mol. The smallest absolute Gasteiger partial charge is 0.317 e. The molecular formula is C17H23N5OS. The molecule has 2 aromatic rings. The molecule has 2 heterocycles. The molecule has 0 unspecified atom stereocenters. The van der Waals surface area contributed by atoms with Crippen LogP contribution >= 0.6 is 11.8 Å². The highest BCUT2D eigenvalue weighted by Gasteiger charge is 2.25. The van der Waals surface area contributed by atoms with Crippen molar-refractivity contribution in [3.63, 3.8) is 0 Å². The summed E-state index contributed by atoms with van der Waals surface area (Å²) in [5, 5.41) is 7.69. The van der Waals surface area contributed by atoms with Crippen LogP contribution < -0.4 is 5.32 Å². The molecule has 128 valence electrons. The van der Waals surface area contributed by atoms with Gasteiger partial charge in [0.25, 0.3) is 0 Å². The second-order valence-electron chi connectivity index (χ2n) is 6.27. The van der Waals surface area contributed by atoms with Crippen LogP contribution in [0.2, 0.25) is 0 Å². The number of urea groups is 1. The van der Waals surface area contributed by atoms with E-state index in [0.717, 1.165) is 30.1 Å². The predicted molar refractivity (Wildman–Crippen MR) is 96.3 cm³/mol. The lowest BCUT2D eigenvalue weighted by Crippen LogP contribution is -2.47. The normalized spacial score (nSPS) is 18.0. The maximum Gasteiger partial charge on any atom is 0.317 e. The van der Waals surface area contributed by atoms with Gasteiger partial charge in [0.05, 0.1) is 5.69 Å². The van der Waals surface area contributed by atoms with Crippen molar-refractivity contribution in [2.45, 2.75) is 25.6 Å². The fourth-order valence-corrected chi connectivity index (χ4v) is 4.00. The molecule has 24 heavy (non-hydrogen) atoms. The van der Waals surface area contributed by atoms with E-state index in [9.17, 15) is 4.79 Å². The van der Waals surface area contributed by atoms with Crippen LogP contribution in [0.5, 0.6) is 0 Å². The second-order valence-corrected chi connectivity index (χ2v) is 7.62. The highest BCUT2D eigenvalue weighted by Crippen LogP contribution is 2.24. The standard InChI is InChI=1S/C17H23N5OS/c1-13(2)16-10-21(6-7-24-16)17(23)19-9-14-4-3-5-15(8-14)22-12-18-11-20-22/h3-5,8,11-13,16H,6-7,9-10H2,1-2H3,(H,19,23)/t16-/m1/s1. The molecule has 7 heteroatoms. The molecule has 1 aliphatic heterocycles. The molecule has 0 bridgehead atoms. The first-order chi connectivity index (χ1) is 11.6. The minimum absolute atomic E-state index is 0.0205. The number of carbonyl (C=O) groups is 1. The van der Waals surface area contributed by atoms with Gasteiger partial charge in [-0.25, -0.2) is 14.5 Å². The quantitative estimate of drug-likeness (QED) is 0.925. The van der Waals surface area contributed by atoms with Crippen LogP contribution in [0.1, 0.15) is 19.4 Å². The zero-order chi connectivity index (χ0) is 16.9. The number of carbonyl (C=O) groups excluding carboxylic acids is 1. The van der Waals surface area contributed by atoms with Gasteiger partial charge in [0.1, 0.15) is 12.7 Å². The maximum absolute atomic E-state index is 12.4. The largest absolute Gasteiger partial charge is 0.334 e. The van der Waals surface area contributed by atoms with Gasteiger partial charge in [-0.15, -0.1) is 0 Å². The third-order valence-corrected chi connectivity index (χ3v) is 5.70. The van der Waals surface area contributed by atoms with E-state index in [1.54, 1.807) is 11.0 Å². The van der Waals surface area contributed by atoms with Crippen LogP contribution in [-0.2, 0) is 6.54 Å². The SMILES string of the molecule is CC(C)[C@H]1CN(C(=O)NCc2cccc(-n3cncn3)c2)CCS1. The molecule has 6 nitrogen and oxygen atoms in total. The second kappa shape index (κ2) is 7.70. The van der Waals surface area contributed by atoms with Crippen LogP contribution in [-0.4, -0.2) is 49.8 Å². The molecule has 1 saturated heterocycles. The van der Waals surface area contributed by atoms with Crippen molar-refractivity contribution in [3.8, 4) is 5.69 Å². The van der Waals surface area contributed by atoms with E-state index in [4.69, 9.17) is 0 Å². The summed E-state index contributed by atoms with van der Waals surface area (Å²) < 4.78 is 1.71. The summed E-state index contributed by atoms with van der Waals surface area (Å²) in [6.45, 7) is 6.59. The zero-order valence-corrected chi connectivity index (χ0v) is 14.9. The molecule has 1 aromatic carbocycles. The van der Waals surface area contributed by atoms with Crippen molar-refractivity contribution in [1.82, 2.24) is 25.0 Å². The average molecular weight is 345 g/mol. The predicted octanol–water partition coefficient (Wildman–Crippen LogP) is 2.55. The Bertz CT molecular complexity index is 673. The Morgan fingerprint density at radius 1 is 1.46 bits per heavy atom. The van der Waals surface area contributed by atoms with Crippen LogP contribution in [0, 0.1) is 5.92 Å². The fraction of sp³-hybridized carbons (Fsp3) is 0.471. The van der Waals surface area contributed by atoms with Gasteiger partial charge in [0, 0.05) is 30.6 Å². The number of rotatable bonds is 4. The van der Waals surface area contributed by atoms with Gasteiger partial charge in [-0.3, -0.25) is 0 Å². The molecule has 0 saturated carbocycles. The van der Waals surface area contributed by atoms with Crippen molar-refractivity contribution < 1.29 is 4.79 Å². The summed E-state index contributed by atoms with van der Waals surface area (Å²) >= 11 is 1.97. The van der Waals surface area contributed by atoms with Crippen molar-refractivity contribution in [1.29, 1.82) is 0 Å². The van der Waals surface area contributed by atoms with Crippen LogP contribution in [0.25, 0.3) is 5.69 Å². The number of aromatic nitrogens is 3. The Balaban J connectivity index is 1.57. The van der Waals surface area contributed by atoms with Gasteiger partial charge < -0.3 is 10.2 Å². The number of hydrogen-bond acceptors (Lipinski definition) is 4. The first kappa shape index (κ1) is 16.8. The molecular weight excluding hydrogens is 322 g/mol. The Morgan fingerprint density at radius 2 is 2.33 bits per heavy atom. The molecule has 1 N–H and O–H groups in total. The van der Waals surface area contributed by atoms with E-state index < -0.39 is 0 Å². The topological polar surface area (TPSA) is 63.1 Å². The summed E-state index contributed by atoms with van der Waals surface area (Å²) in [7, 11) is 0. The Hall–Kier alpha value is -2.02. The van der Waals surface area contributed by atoms with Crippen molar-refractivity contribution >= 4 is 17.8 Å². The summed E-state index contributed by atoms with van der Waals surface area (Å²) in [6, 6.07) is 7.97. The fourth-order valence-electron chi connectivity index (χ4n) is 2.70. The number of hydrogen-bond donors (Lipinski definition) is 1. The van der Waals surface area contributed by atoms with Gasteiger partial charge in [-0.1, -0.05) is 26.0 Å². The molecule has 2 amide bonds. The van der Waals surface area contributed by atoms with Gasteiger partial charge in [0.2, 0.25) is 0 Å². The number of nitrogens with one attached hydrogen (secondary N) is 1. The van der Waals surface area contributed by atoms with Crippen molar-refractivity contribution in [3.05, 3.63) is 42.5 Å². The summed E-state index contributed by atoms with van der Waals surface area (Å²) in [5.74, 6) is 1.60.